The van der Waals surface area contributed by atoms with Crippen molar-refractivity contribution in [2.75, 3.05) is 24.3 Å². The maximum absolute atomic E-state index is 12.4. The van der Waals surface area contributed by atoms with Crippen molar-refractivity contribution in [1.82, 2.24) is 14.8 Å². The van der Waals surface area contributed by atoms with Crippen LogP contribution in [0.2, 0.25) is 10.0 Å². The molecule has 0 spiro atoms. The van der Waals surface area contributed by atoms with Gasteiger partial charge in [0.05, 0.1) is 30.7 Å². The van der Waals surface area contributed by atoms with E-state index in [-0.39, 0.29) is 12.5 Å². The molecular weight excluding hydrogens is 389 g/mol. The van der Waals surface area contributed by atoms with E-state index in [9.17, 15) is 4.79 Å². The van der Waals surface area contributed by atoms with Crippen molar-refractivity contribution in [2.24, 2.45) is 0 Å². The summed E-state index contributed by atoms with van der Waals surface area (Å²) in [6.45, 7) is 1.91. The van der Waals surface area contributed by atoms with Crippen LogP contribution in [-0.4, -0.2) is 34.3 Å². The normalized spacial score (nSPS) is 10.5. The third kappa shape index (κ3) is 4.50. The molecule has 2 aromatic carbocycles. The predicted octanol–water partition coefficient (Wildman–Crippen LogP) is 3.94. The molecule has 7 nitrogen and oxygen atoms in total. The molecule has 0 bridgehead atoms. The molecule has 0 saturated carbocycles. The Hall–Kier alpha value is -2.77. The third-order valence-electron chi connectivity index (χ3n) is 3.82. The van der Waals surface area contributed by atoms with Crippen LogP contribution in [0.3, 0.4) is 0 Å². The standard InChI is InChI=1S/C18H17Cl2N5O2/c1-11-5-15(17(27-2)7-13(11)20)22-8-18(26)24-14-6-12(19)3-4-16(14)25-10-21-9-23-25/h3-7,9-10,22H,8H2,1-2H3,(H,24,26). The molecule has 0 saturated heterocycles. The number of nitrogens with one attached hydrogen (secondary N) is 2. The predicted molar refractivity (Wildman–Crippen MR) is 106 cm³/mol. The van der Waals surface area contributed by atoms with Crippen LogP contribution in [-0.2, 0) is 4.79 Å². The van der Waals surface area contributed by atoms with Crippen molar-refractivity contribution in [3.05, 3.63) is 58.6 Å². The maximum atomic E-state index is 12.4. The zero-order valence-corrected chi connectivity index (χ0v) is 16.2. The van der Waals surface area contributed by atoms with Crippen molar-refractivity contribution in [1.29, 1.82) is 0 Å². The highest BCUT2D eigenvalue weighted by atomic mass is 35.5. The molecule has 3 rings (SSSR count). The zero-order valence-electron chi connectivity index (χ0n) is 14.7. The summed E-state index contributed by atoms with van der Waals surface area (Å²) in [5.74, 6) is 0.303. The number of hydrogen-bond acceptors (Lipinski definition) is 5. The Bertz CT molecular complexity index is 961. The van der Waals surface area contributed by atoms with E-state index < -0.39 is 0 Å². The molecule has 9 heteroatoms. The highest BCUT2D eigenvalue weighted by molar-refractivity contribution is 6.31. The summed E-state index contributed by atoms with van der Waals surface area (Å²) >= 11 is 12.2. The molecule has 140 valence electrons. The number of carbonyl (C=O) groups is 1. The van der Waals surface area contributed by atoms with Crippen LogP contribution in [0, 0.1) is 6.92 Å². The van der Waals surface area contributed by atoms with Crippen LogP contribution < -0.4 is 15.4 Å². The van der Waals surface area contributed by atoms with Crippen molar-refractivity contribution >= 4 is 40.5 Å². The van der Waals surface area contributed by atoms with Crippen molar-refractivity contribution in [3.63, 3.8) is 0 Å². The monoisotopic (exact) mass is 405 g/mol. The van der Waals surface area contributed by atoms with Crippen LogP contribution in [0.4, 0.5) is 11.4 Å². The Kier molecular flexibility index (Phi) is 5.83. The second-order valence-corrected chi connectivity index (χ2v) is 6.55. The Morgan fingerprint density at radius 1 is 1.22 bits per heavy atom. The zero-order chi connectivity index (χ0) is 19.4. The number of anilines is 2. The number of halogens is 2. The molecule has 0 aliphatic carbocycles. The van der Waals surface area contributed by atoms with Crippen molar-refractivity contribution in [2.45, 2.75) is 6.92 Å². The van der Waals surface area contributed by atoms with E-state index in [1.165, 1.54) is 6.33 Å². The number of ether oxygens (including phenoxy) is 1. The number of methoxy groups -OCH3 is 1. The first-order valence-electron chi connectivity index (χ1n) is 8.00. The largest absolute Gasteiger partial charge is 0.495 e. The second-order valence-electron chi connectivity index (χ2n) is 5.70. The van der Waals surface area contributed by atoms with Crippen LogP contribution in [0.5, 0.6) is 5.75 Å². The van der Waals surface area contributed by atoms with Gasteiger partial charge in [-0.3, -0.25) is 4.79 Å². The van der Waals surface area contributed by atoms with Gasteiger partial charge in [0, 0.05) is 16.1 Å². The van der Waals surface area contributed by atoms with E-state index in [1.807, 2.05) is 13.0 Å². The molecule has 0 aliphatic heterocycles. The highest BCUT2D eigenvalue weighted by Gasteiger charge is 2.12. The first-order valence-corrected chi connectivity index (χ1v) is 8.76. The third-order valence-corrected chi connectivity index (χ3v) is 4.46. The number of benzene rings is 2. The molecule has 0 unspecified atom stereocenters. The van der Waals surface area contributed by atoms with Gasteiger partial charge in [-0.2, -0.15) is 5.10 Å². The number of nitrogens with zero attached hydrogens (tertiary/aromatic N) is 3. The van der Waals surface area contributed by atoms with Gasteiger partial charge in [0.25, 0.3) is 0 Å². The van der Waals surface area contributed by atoms with Crippen LogP contribution in [0.15, 0.2) is 43.0 Å². The first kappa shape index (κ1) is 19.0. The number of aromatic nitrogens is 3. The summed E-state index contributed by atoms with van der Waals surface area (Å²) in [4.78, 5) is 16.4. The fraction of sp³-hybridized carbons (Fsp3) is 0.167. The van der Waals surface area contributed by atoms with E-state index in [0.717, 1.165) is 5.56 Å². The topological polar surface area (TPSA) is 81.1 Å². The second kappa shape index (κ2) is 8.28. The van der Waals surface area contributed by atoms with Gasteiger partial charge in [-0.05, 0) is 36.8 Å². The molecule has 1 aromatic heterocycles. The lowest BCUT2D eigenvalue weighted by Gasteiger charge is -2.14. The lowest BCUT2D eigenvalue weighted by atomic mass is 10.2. The number of aryl methyl sites for hydroxylation is 1. The maximum Gasteiger partial charge on any atom is 0.243 e. The Morgan fingerprint density at radius 2 is 2.04 bits per heavy atom. The van der Waals surface area contributed by atoms with Gasteiger partial charge in [-0.15, -0.1) is 0 Å². The van der Waals surface area contributed by atoms with E-state index in [4.69, 9.17) is 27.9 Å². The highest BCUT2D eigenvalue weighted by Crippen LogP contribution is 2.31. The average molecular weight is 406 g/mol. The Morgan fingerprint density at radius 3 is 2.74 bits per heavy atom. The van der Waals surface area contributed by atoms with E-state index in [0.29, 0.717) is 32.9 Å². The molecule has 0 fully saturated rings. The average Bonchev–Trinajstić information content (AvgIpc) is 3.17. The summed E-state index contributed by atoms with van der Waals surface area (Å²) in [6, 6.07) is 8.66. The van der Waals surface area contributed by atoms with Gasteiger partial charge in [0.2, 0.25) is 5.91 Å². The van der Waals surface area contributed by atoms with Gasteiger partial charge in [-0.25, -0.2) is 9.67 Å². The van der Waals surface area contributed by atoms with Crippen LogP contribution >= 0.6 is 23.2 Å². The quantitative estimate of drug-likeness (QED) is 0.648. The van der Waals surface area contributed by atoms with Crippen molar-refractivity contribution < 1.29 is 9.53 Å². The van der Waals surface area contributed by atoms with Crippen molar-refractivity contribution in [3.8, 4) is 11.4 Å². The minimum Gasteiger partial charge on any atom is -0.495 e. The molecule has 1 heterocycles. The summed E-state index contributed by atoms with van der Waals surface area (Å²) in [5.41, 5.74) is 2.74. The summed E-state index contributed by atoms with van der Waals surface area (Å²) in [5, 5.41) is 11.1. The van der Waals surface area contributed by atoms with Gasteiger partial charge >= 0.3 is 0 Å². The number of carbonyl (C=O) groups excluding carboxylic acids is 1. The minimum absolute atomic E-state index is 0.0285. The van der Waals surface area contributed by atoms with E-state index in [1.54, 1.807) is 42.4 Å². The molecular formula is C18H17Cl2N5O2. The Balaban J connectivity index is 1.74. The molecule has 0 atom stereocenters. The SMILES string of the molecule is COc1cc(Cl)c(C)cc1NCC(=O)Nc1cc(Cl)ccc1-n1cncn1. The lowest BCUT2D eigenvalue weighted by molar-refractivity contribution is -0.114. The summed E-state index contributed by atoms with van der Waals surface area (Å²) < 4.78 is 6.85. The number of rotatable bonds is 6. The van der Waals surface area contributed by atoms with E-state index in [2.05, 4.69) is 20.7 Å². The van der Waals surface area contributed by atoms with Gasteiger partial charge < -0.3 is 15.4 Å². The minimum atomic E-state index is -0.256. The molecule has 0 radical (unpaired) electrons. The molecule has 27 heavy (non-hydrogen) atoms. The van der Waals surface area contributed by atoms with E-state index >= 15 is 0 Å². The first-order chi connectivity index (χ1) is 13.0. The van der Waals surface area contributed by atoms with Crippen LogP contribution in [0.25, 0.3) is 5.69 Å². The van der Waals surface area contributed by atoms with Crippen LogP contribution in [0.1, 0.15) is 5.56 Å². The fourth-order valence-corrected chi connectivity index (χ4v) is 2.81. The molecule has 0 aliphatic rings. The number of hydrogen-bond donors (Lipinski definition) is 2. The van der Waals surface area contributed by atoms with Gasteiger partial charge in [-0.1, -0.05) is 23.2 Å². The molecule has 1 amide bonds. The Labute approximate surface area is 166 Å². The molecule has 2 N–H and O–H groups in total. The summed E-state index contributed by atoms with van der Waals surface area (Å²) in [7, 11) is 1.54. The lowest BCUT2D eigenvalue weighted by Crippen LogP contribution is -2.23. The fourth-order valence-electron chi connectivity index (χ4n) is 2.48. The number of amides is 1. The summed E-state index contributed by atoms with van der Waals surface area (Å²) in [6.07, 6.45) is 2.95. The molecule has 3 aromatic rings. The van der Waals surface area contributed by atoms with Gasteiger partial charge in [0.15, 0.2) is 0 Å². The smallest absolute Gasteiger partial charge is 0.243 e. The van der Waals surface area contributed by atoms with Gasteiger partial charge in [0.1, 0.15) is 18.4 Å².